The summed E-state index contributed by atoms with van der Waals surface area (Å²) in [6.45, 7) is 2.08. The highest BCUT2D eigenvalue weighted by Gasteiger charge is 2.09. The number of hydrogen-bond acceptors (Lipinski definition) is 3. The molecule has 0 bridgehead atoms. The van der Waals surface area contributed by atoms with Crippen molar-refractivity contribution in [2.45, 2.75) is 6.92 Å². The van der Waals surface area contributed by atoms with Crippen LogP contribution in [0.5, 0.6) is 0 Å². The number of aromatic nitrogens is 1. The van der Waals surface area contributed by atoms with Crippen LogP contribution in [-0.4, -0.2) is 4.98 Å². The zero-order valence-corrected chi connectivity index (χ0v) is 10.6. The summed E-state index contributed by atoms with van der Waals surface area (Å²) < 4.78 is 5.38. The van der Waals surface area contributed by atoms with Gasteiger partial charge in [0.25, 0.3) is 0 Å². The second kappa shape index (κ2) is 4.98. The van der Waals surface area contributed by atoms with Gasteiger partial charge in [-0.05, 0) is 30.7 Å². The molecule has 3 heteroatoms. The van der Waals surface area contributed by atoms with Crippen LogP contribution in [0.2, 0.25) is 0 Å². The predicted octanol–water partition coefficient (Wildman–Crippen LogP) is 4.39. The van der Waals surface area contributed by atoms with Gasteiger partial charge in [-0.15, -0.1) is 0 Å². The maximum Gasteiger partial charge on any atom is 0.227 e. The summed E-state index contributed by atoms with van der Waals surface area (Å²) in [5, 5.41) is 3.43. The van der Waals surface area contributed by atoms with Gasteiger partial charge in [-0.2, -0.15) is 0 Å². The molecule has 0 radical (unpaired) electrons. The van der Waals surface area contributed by atoms with E-state index in [1.165, 1.54) is 5.56 Å². The molecule has 0 amide bonds. The Hall–Kier alpha value is -2.55. The third-order valence-electron chi connectivity index (χ3n) is 3.00. The molecule has 0 saturated heterocycles. The lowest BCUT2D eigenvalue weighted by Gasteiger charge is -2.12. The topological polar surface area (TPSA) is 38.1 Å². The van der Waals surface area contributed by atoms with Gasteiger partial charge in [0.2, 0.25) is 5.89 Å². The van der Waals surface area contributed by atoms with Gasteiger partial charge >= 0.3 is 0 Å². The van der Waals surface area contributed by atoms with Gasteiger partial charge in [0, 0.05) is 5.69 Å². The minimum absolute atomic E-state index is 0.622. The number of oxazole rings is 1. The van der Waals surface area contributed by atoms with E-state index in [-0.39, 0.29) is 0 Å². The smallest absolute Gasteiger partial charge is 0.227 e. The van der Waals surface area contributed by atoms with E-state index < -0.39 is 0 Å². The molecular weight excluding hydrogens is 236 g/mol. The molecule has 94 valence electrons. The summed E-state index contributed by atoms with van der Waals surface area (Å²) in [5.41, 5.74) is 4.22. The fraction of sp³-hybridized carbons (Fsp3) is 0.0625. The normalized spacial score (nSPS) is 10.4. The lowest BCUT2D eigenvalue weighted by Crippen LogP contribution is -1.95. The summed E-state index contributed by atoms with van der Waals surface area (Å²) in [6, 6.07) is 16.2. The van der Waals surface area contributed by atoms with Gasteiger partial charge in [0.15, 0.2) is 0 Å². The molecule has 3 aromatic rings. The minimum Gasteiger partial charge on any atom is -0.444 e. The Balaban J connectivity index is 2.00. The third kappa shape index (κ3) is 2.36. The Kier molecular flexibility index (Phi) is 3.02. The Labute approximate surface area is 111 Å². The van der Waals surface area contributed by atoms with Crippen molar-refractivity contribution in [3.8, 4) is 11.5 Å². The molecule has 0 aliphatic rings. The Morgan fingerprint density at radius 1 is 0.947 bits per heavy atom. The van der Waals surface area contributed by atoms with Crippen LogP contribution in [0.4, 0.5) is 11.4 Å². The monoisotopic (exact) mass is 250 g/mol. The van der Waals surface area contributed by atoms with Crippen LogP contribution in [-0.2, 0) is 0 Å². The van der Waals surface area contributed by atoms with Crippen LogP contribution in [0.15, 0.2) is 65.4 Å². The fourth-order valence-electron chi connectivity index (χ4n) is 1.99. The summed E-state index contributed by atoms with van der Waals surface area (Å²) in [4.78, 5) is 4.20. The van der Waals surface area contributed by atoms with Gasteiger partial charge in [-0.3, -0.25) is 0 Å². The maximum atomic E-state index is 5.38. The summed E-state index contributed by atoms with van der Waals surface area (Å²) in [7, 11) is 0. The number of nitrogens with one attached hydrogen (secondary N) is 1. The van der Waals surface area contributed by atoms with Crippen molar-refractivity contribution in [3.63, 3.8) is 0 Å². The van der Waals surface area contributed by atoms with Crippen molar-refractivity contribution >= 4 is 11.4 Å². The van der Waals surface area contributed by atoms with Crippen molar-refractivity contribution in [2.75, 3.05) is 5.32 Å². The molecule has 3 rings (SSSR count). The molecular formula is C16H14N2O. The van der Waals surface area contributed by atoms with E-state index >= 15 is 0 Å². The molecule has 0 aliphatic carbocycles. The van der Waals surface area contributed by atoms with Crippen LogP contribution in [0.1, 0.15) is 5.56 Å². The van der Waals surface area contributed by atoms with Gasteiger partial charge < -0.3 is 9.73 Å². The Bertz CT molecular complexity index is 675. The van der Waals surface area contributed by atoms with Crippen LogP contribution in [0, 0.1) is 6.92 Å². The van der Waals surface area contributed by atoms with Gasteiger partial charge in [-0.1, -0.05) is 30.3 Å². The molecule has 0 aliphatic heterocycles. The largest absolute Gasteiger partial charge is 0.444 e. The molecule has 0 unspecified atom stereocenters. The molecule has 0 fully saturated rings. The van der Waals surface area contributed by atoms with Gasteiger partial charge in [-0.25, -0.2) is 4.98 Å². The average molecular weight is 250 g/mol. The van der Waals surface area contributed by atoms with Crippen molar-refractivity contribution in [1.29, 1.82) is 0 Å². The van der Waals surface area contributed by atoms with E-state index in [9.17, 15) is 0 Å². The molecule has 0 atom stereocenters. The zero-order valence-electron chi connectivity index (χ0n) is 10.6. The maximum absolute atomic E-state index is 5.38. The number of benzene rings is 2. The summed E-state index contributed by atoms with van der Waals surface area (Å²) in [5.74, 6) is 0.622. The average Bonchev–Trinajstić information content (AvgIpc) is 2.96. The molecule has 1 aromatic heterocycles. The second-order valence-corrected chi connectivity index (χ2v) is 4.32. The van der Waals surface area contributed by atoms with Crippen LogP contribution in [0.25, 0.3) is 11.5 Å². The highest BCUT2D eigenvalue weighted by Crippen LogP contribution is 2.29. The molecule has 19 heavy (non-hydrogen) atoms. The van der Waals surface area contributed by atoms with Crippen LogP contribution >= 0.6 is 0 Å². The first-order valence-electron chi connectivity index (χ1n) is 6.16. The van der Waals surface area contributed by atoms with E-state index in [1.807, 2.05) is 36.4 Å². The van der Waals surface area contributed by atoms with E-state index in [4.69, 9.17) is 4.42 Å². The third-order valence-corrected chi connectivity index (χ3v) is 3.00. The van der Waals surface area contributed by atoms with Crippen LogP contribution < -0.4 is 5.32 Å². The summed E-state index contributed by atoms with van der Waals surface area (Å²) in [6.07, 6.45) is 3.24. The van der Waals surface area contributed by atoms with E-state index in [2.05, 4.69) is 29.4 Å². The zero-order chi connectivity index (χ0) is 13.1. The highest BCUT2D eigenvalue weighted by atomic mass is 16.3. The van der Waals surface area contributed by atoms with Crippen molar-refractivity contribution in [2.24, 2.45) is 0 Å². The van der Waals surface area contributed by atoms with Crippen molar-refractivity contribution in [3.05, 3.63) is 66.6 Å². The standard InChI is InChI=1S/C16H14N2O/c1-12-6-2-4-8-14(12)18-15-9-5-3-7-13(15)16-17-10-11-19-16/h2-11,18H,1H3. The molecule has 1 N–H and O–H groups in total. The van der Waals surface area contributed by atoms with E-state index in [1.54, 1.807) is 12.5 Å². The SMILES string of the molecule is Cc1ccccc1Nc1ccccc1-c1ncco1. The lowest BCUT2D eigenvalue weighted by atomic mass is 10.1. The Morgan fingerprint density at radius 2 is 1.68 bits per heavy atom. The predicted molar refractivity (Wildman–Crippen MR) is 76.4 cm³/mol. The second-order valence-electron chi connectivity index (χ2n) is 4.32. The number of nitrogens with zero attached hydrogens (tertiary/aromatic N) is 1. The van der Waals surface area contributed by atoms with Crippen molar-refractivity contribution < 1.29 is 4.42 Å². The first-order chi connectivity index (χ1) is 9.34. The number of para-hydroxylation sites is 2. The molecule has 0 spiro atoms. The molecule has 0 saturated carbocycles. The molecule has 2 aromatic carbocycles. The Morgan fingerprint density at radius 3 is 2.42 bits per heavy atom. The van der Waals surface area contributed by atoms with Gasteiger partial charge in [0.1, 0.15) is 6.26 Å². The first-order valence-corrected chi connectivity index (χ1v) is 6.16. The van der Waals surface area contributed by atoms with E-state index in [0.717, 1.165) is 16.9 Å². The molecule has 3 nitrogen and oxygen atoms in total. The van der Waals surface area contributed by atoms with Gasteiger partial charge in [0.05, 0.1) is 17.4 Å². The number of hydrogen-bond donors (Lipinski definition) is 1. The highest BCUT2D eigenvalue weighted by molar-refractivity contribution is 5.77. The number of rotatable bonds is 3. The fourth-order valence-corrected chi connectivity index (χ4v) is 1.99. The number of anilines is 2. The van der Waals surface area contributed by atoms with Crippen molar-refractivity contribution in [1.82, 2.24) is 4.98 Å². The first kappa shape index (κ1) is 11.5. The van der Waals surface area contributed by atoms with Crippen LogP contribution in [0.3, 0.4) is 0 Å². The van der Waals surface area contributed by atoms with E-state index in [0.29, 0.717) is 5.89 Å². The number of aryl methyl sites for hydroxylation is 1. The molecule has 1 heterocycles. The summed E-state index contributed by atoms with van der Waals surface area (Å²) >= 11 is 0. The minimum atomic E-state index is 0.622. The lowest BCUT2D eigenvalue weighted by molar-refractivity contribution is 0.575. The quantitative estimate of drug-likeness (QED) is 0.749.